The number of nitrogens with one attached hydrogen (secondary N) is 2. The molecule has 0 bridgehead atoms. The number of nitrogens with zero attached hydrogens (tertiary/aromatic N) is 1. The number of hydrogen-bond donors (Lipinski definition) is 2. The van der Waals surface area contributed by atoms with E-state index >= 15 is 0 Å². The van der Waals surface area contributed by atoms with Gasteiger partial charge in [0.2, 0.25) is 0 Å². The third-order valence-corrected chi connectivity index (χ3v) is 4.44. The normalized spacial score (nSPS) is 19.1. The van der Waals surface area contributed by atoms with Crippen molar-refractivity contribution < 1.29 is 4.79 Å². The SMILES string of the molecule is CNCCC1CCCCN1C(=O)c1c[nH]c2ccccc12. The van der Waals surface area contributed by atoms with Crippen LogP contribution in [0.2, 0.25) is 0 Å². The number of fused-ring (bicyclic) bond motifs is 1. The van der Waals surface area contributed by atoms with Crippen LogP contribution in [0.15, 0.2) is 30.5 Å². The zero-order valence-electron chi connectivity index (χ0n) is 12.6. The molecule has 0 spiro atoms. The van der Waals surface area contributed by atoms with Crippen molar-refractivity contribution in [1.82, 2.24) is 15.2 Å². The third-order valence-electron chi connectivity index (χ3n) is 4.44. The van der Waals surface area contributed by atoms with Crippen molar-refractivity contribution in [3.63, 3.8) is 0 Å². The maximum Gasteiger partial charge on any atom is 0.256 e. The molecule has 0 saturated carbocycles. The lowest BCUT2D eigenvalue weighted by atomic mass is 9.98. The Morgan fingerprint density at radius 2 is 2.24 bits per heavy atom. The monoisotopic (exact) mass is 285 g/mol. The van der Waals surface area contributed by atoms with Gasteiger partial charge in [-0.15, -0.1) is 0 Å². The van der Waals surface area contributed by atoms with Crippen molar-refractivity contribution in [2.24, 2.45) is 0 Å². The van der Waals surface area contributed by atoms with E-state index in [1.165, 1.54) is 6.42 Å². The number of aromatic nitrogens is 1. The largest absolute Gasteiger partial charge is 0.360 e. The highest BCUT2D eigenvalue weighted by atomic mass is 16.2. The van der Waals surface area contributed by atoms with E-state index in [0.717, 1.165) is 48.8 Å². The summed E-state index contributed by atoms with van der Waals surface area (Å²) in [6.45, 7) is 1.84. The molecule has 4 heteroatoms. The fourth-order valence-corrected chi connectivity index (χ4v) is 3.28. The molecule has 1 unspecified atom stereocenters. The lowest BCUT2D eigenvalue weighted by Gasteiger charge is -2.36. The standard InChI is InChI=1S/C17H23N3O/c1-18-10-9-13-6-4-5-11-20(13)17(21)15-12-19-16-8-3-2-7-14(15)16/h2-3,7-8,12-13,18-19H,4-6,9-11H2,1H3. The number of rotatable bonds is 4. The van der Waals surface area contributed by atoms with Gasteiger partial charge in [0.1, 0.15) is 0 Å². The summed E-state index contributed by atoms with van der Waals surface area (Å²) < 4.78 is 0. The minimum atomic E-state index is 0.174. The number of piperidine rings is 1. The van der Waals surface area contributed by atoms with E-state index in [4.69, 9.17) is 0 Å². The molecule has 2 aromatic rings. The van der Waals surface area contributed by atoms with E-state index in [0.29, 0.717) is 6.04 Å². The number of carbonyl (C=O) groups excluding carboxylic acids is 1. The minimum absolute atomic E-state index is 0.174. The summed E-state index contributed by atoms with van der Waals surface area (Å²) in [6, 6.07) is 8.38. The molecule has 4 nitrogen and oxygen atoms in total. The number of carbonyl (C=O) groups is 1. The van der Waals surface area contributed by atoms with Gasteiger partial charge in [0, 0.05) is 29.7 Å². The van der Waals surface area contributed by atoms with Crippen LogP contribution < -0.4 is 5.32 Å². The van der Waals surface area contributed by atoms with Crippen molar-refractivity contribution in [2.75, 3.05) is 20.1 Å². The van der Waals surface area contributed by atoms with Crippen LogP contribution >= 0.6 is 0 Å². The van der Waals surface area contributed by atoms with Crippen LogP contribution in [0.25, 0.3) is 10.9 Å². The average molecular weight is 285 g/mol. The maximum absolute atomic E-state index is 12.9. The number of hydrogen-bond acceptors (Lipinski definition) is 2. The molecule has 1 aliphatic heterocycles. The molecule has 1 aromatic carbocycles. The molecule has 3 rings (SSSR count). The molecule has 1 amide bonds. The molecular formula is C17H23N3O. The highest BCUT2D eigenvalue weighted by molar-refractivity contribution is 6.06. The predicted octanol–water partition coefficient (Wildman–Crippen LogP) is 2.77. The van der Waals surface area contributed by atoms with Gasteiger partial charge in [0.05, 0.1) is 5.56 Å². The highest BCUT2D eigenvalue weighted by Crippen LogP contribution is 2.25. The van der Waals surface area contributed by atoms with Gasteiger partial charge >= 0.3 is 0 Å². The summed E-state index contributed by atoms with van der Waals surface area (Å²) in [5.41, 5.74) is 1.84. The second kappa shape index (κ2) is 6.31. The van der Waals surface area contributed by atoms with Gasteiger partial charge in [-0.3, -0.25) is 4.79 Å². The Hall–Kier alpha value is -1.81. The molecule has 1 aromatic heterocycles. The number of aromatic amines is 1. The molecule has 112 valence electrons. The zero-order valence-corrected chi connectivity index (χ0v) is 12.6. The third kappa shape index (κ3) is 2.81. The van der Waals surface area contributed by atoms with Gasteiger partial charge in [0.15, 0.2) is 0 Å². The van der Waals surface area contributed by atoms with Crippen molar-refractivity contribution >= 4 is 16.8 Å². The molecule has 1 saturated heterocycles. The maximum atomic E-state index is 12.9. The second-order valence-corrected chi connectivity index (χ2v) is 5.79. The Morgan fingerprint density at radius 3 is 3.10 bits per heavy atom. The quantitative estimate of drug-likeness (QED) is 0.907. The lowest BCUT2D eigenvalue weighted by molar-refractivity contribution is 0.0604. The number of benzene rings is 1. The first kappa shape index (κ1) is 14.1. The summed E-state index contributed by atoms with van der Waals surface area (Å²) in [7, 11) is 1.97. The Labute approximate surface area is 125 Å². The molecular weight excluding hydrogens is 262 g/mol. The first-order chi connectivity index (χ1) is 10.3. The van der Waals surface area contributed by atoms with Gasteiger partial charge in [0.25, 0.3) is 5.91 Å². The fourth-order valence-electron chi connectivity index (χ4n) is 3.28. The molecule has 21 heavy (non-hydrogen) atoms. The van der Waals surface area contributed by atoms with Crippen molar-refractivity contribution in [3.05, 3.63) is 36.0 Å². The van der Waals surface area contributed by atoms with Gasteiger partial charge < -0.3 is 15.2 Å². The predicted molar refractivity (Wildman–Crippen MR) is 85.5 cm³/mol. The Kier molecular flexibility index (Phi) is 4.25. The molecule has 0 radical (unpaired) electrons. The second-order valence-electron chi connectivity index (χ2n) is 5.79. The zero-order chi connectivity index (χ0) is 14.7. The van der Waals surface area contributed by atoms with Crippen LogP contribution in [0.5, 0.6) is 0 Å². The van der Waals surface area contributed by atoms with Gasteiger partial charge in [-0.2, -0.15) is 0 Å². The van der Waals surface area contributed by atoms with E-state index in [-0.39, 0.29) is 5.91 Å². The molecule has 1 atom stereocenters. The summed E-state index contributed by atoms with van der Waals surface area (Å²) in [4.78, 5) is 18.2. The van der Waals surface area contributed by atoms with Crippen molar-refractivity contribution in [3.8, 4) is 0 Å². The molecule has 0 aliphatic carbocycles. The smallest absolute Gasteiger partial charge is 0.256 e. The van der Waals surface area contributed by atoms with E-state index in [1.54, 1.807) is 0 Å². The van der Waals surface area contributed by atoms with E-state index in [2.05, 4.69) is 15.2 Å². The molecule has 2 N–H and O–H groups in total. The Balaban J connectivity index is 1.85. The van der Waals surface area contributed by atoms with Crippen LogP contribution in [0.4, 0.5) is 0 Å². The Morgan fingerprint density at radius 1 is 1.38 bits per heavy atom. The summed E-state index contributed by atoms with van der Waals surface area (Å²) in [5.74, 6) is 0.174. The minimum Gasteiger partial charge on any atom is -0.360 e. The van der Waals surface area contributed by atoms with Gasteiger partial charge in [-0.05, 0) is 45.3 Å². The van der Waals surface area contributed by atoms with Gasteiger partial charge in [-0.1, -0.05) is 18.2 Å². The lowest BCUT2D eigenvalue weighted by Crippen LogP contribution is -2.44. The number of amides is 1. The summed E-state index contributed by atoms with van der Waals surface area (Å²) in [6.07, 6.45) is 6.35. The van der Waals surface area contributed by atoms with Crippen LogP contribution in [0.1, 0.15) is 36.0 Å². The topological polar surface area (TPSA) is 48.1 Å². The average Bonchev–Trinajstić information content (AvgIpc) is 2.96. The molecule has 1 aliphatic rings. The van der Waals surface area contributed by atoms with Crippen LogP contribution in [0.3, 0.4) is 0 Å². The number of likely N-dealkylation sites (tertiary alicyclic amines) is 1. The highest BCUT2D eigenvalue weighted by Gasteiger charge is 2.28. The summed E-state index contributed by atoms with van der Waals surface area (Å²) in [5, 5.41) is 4.22. The fraction of sp³-hybridized carbons (Fsp3) is 0.471. The van der Waals surface area contributed by atoms with E-state index < -0.39 is 0 Å². The summed E-state index contributed by atoms with van der Waals surface area (Å²) >= 11 is 0. The number of para-hydroxylation sites is 1. The van der Waals surface area contributed by atoms with E-state index in [9.17, 15) is 4.79 Å². The Bertz CT molecular complexity index is 619. The van der Waals surface area contributed by atoms with Crippen molar-refractivity contribution in [2.45, 2.75) is 31.7 Å². The first-order valence-corrected chi connectivity index (χ1v) is 7.83. The van der Waals surface area contributed by atoms with Crippen molar-refractivity contribution in [1.29, 1.82) is 0 Å². The molecule has 1 fully saturated rings. The molecule has 2 heterocycles. The van der Waals surface area contributed by atoms with Crippen LogP contribution in [0, 0.1) is 0 Å². The van der Waals surface area contributed by atoms with Gasteiger partial charge in [-0.25, -0.2) is 0 Å². The number of H-pyrrole nitrogens is 1. The van der Waals surface area contributed by atoms with Crippen LogP contribution in [-0.4, -0.2) is 42.0 Å². The van der Waals surface area contributed by atoms with Crippen LogP contribution in [-0.2, 0) is 0 Å². The van der Waals surface area contributed by atoms with E-state index in [1.807, 2.05) is 37.5 Å². The first-order valence-electron chi connectivity index (χ1n) is 7.83.